The Balaban J connectivity index is 2.02. The third kappa shape index (κ3) is 7.83. The van der Waals surface area contributed by atoms with Gasteiger partial charge in [-0.05, 0) is 55.5 Å². The lowest BCUT2D eigenvalue weighted by atomic mass is 10.0. The van der Waals surface area contributed by atoms with E-state index in [1.54, 1.807) is 29.7 Å². The van der Waals surface area contributed by atoms with Crippen LogP contribution in [-0.2, 0) is 6.42 Å². The molecule has 1 aromatic carbocycles. The lowest BCUT2D eigenvalue weighted by molar-refractivity contribution is 0.0742. The molecule has 0 spiro atoms. The summed E-state index contributed by atoms with van der Waals surface area (Å²) in [6.07, 6.45) is 10.9. The molecule has 2 aromatic rings. The van der Waals surface area contributed by atoms with E-state index >= 15 is 0 Å². The molecule has 0 aliphatic rings. The molecule has 0 saturated heterocycles. The second-order valence-corrected chi connectivity index (χ2v) is 8.01. The van der Waals surface area contributed by atoms with Gasteiger partial charge in [-0.2, -0.15) is 0 Å². The fraction of sp³-hybridized carbons (Fsp3) is 0.400. The van der Waals surface area contributed by atoms with Gasteiger partial charge in [0.1, 0.15) is 5.16 Å². The van der Waals surface area contributed by atoms with E-state index in [1.165, 1.54) is 5.56 Å². The Morgan fingerprint density at radius 2 is 2.00 bits per heavy atom. The molecule has 31 heavy (non-hydrogen) atoms. The summed E-state index contributed by atoms with van der Waals surface area (Å²) in [4.78, 5) is 23.0. The first-order valence-electron chi connectivity index (χ1n) is 10.9. The standard InChI is InChI=1S/C25H33ClN4O/c1-5-8-23(29-18-24(26)28-14-6-2)16-20-10-12-21(13-11-20)25(31)30(4)19(3)22-9-7-15-27-17-22/h7,9-15,17-19,23,29H,5-6,8,16H2,1-4H3/b24-18-,28-14?/t19?,23-/m0/s1. The van der Waals surface area contributed by atoms with E-state index in [0.717, 1.165) is 31.2 Å². The van der Waals surface area contributed by atoms with Crippen LogP contribution in [0.5, 0.6) is 0 Å². The third-order valence-electron chi connectivity index (χ3n) is 5.22. The monoisotopic (exact) mass is 440 g/mol. The Morgan fingerprint density at radius 1 is 1.26 bits per heavy atom. The average Bonchev–Trinajstić information content (AvgIpc) is 2.81. The van der Waals surface area contributed by atoms with Crippen LogP contribution in [0.4, 0.5) is 0 Å². The highest BCUT2D eigenvalue weighted by atomic mass is 35.5. The number of pyridine rings is 1. The van der Waals surface area contributed by atoms with Gasteiger partial charge in [-0.3, -0.25) is 9.78 Å². The van der Waals surface area contributed by atoms with Crippen LogP contribution in [0, 0.1) is 0 Å². The minimum absolute atomic E-state index is 0.00497. The van der Waals surface area contributed by atoms with Crippen molar-refractivity contribution in [3.8, 4) is 0 Å². The summed E-state index contributed by atoms with van der Waals surface area (Å²) in [7, 11) is 1.83. The summed E-state index contributed by atoms with van der Waals surface area (Å²) in [6, 6.07) is 11.9. The van der Waals surface area contributed by atoms with Crippen LogP contribution in [0.3, 0.4) is 0 Å². The van der Waals surface area contributed by atoms with Gasteiger partial charge >= 0.3 is 0 Å². The third-order valence-corrected chi connectivity index (χ3v) is 5.43. The molecule has 1 aromatic heterocycles. The van der Waals surface area contributed by atoms with Crippen LogP contribution in [0.2, 0.25) is 0 Å². The van der Waals surface area contributed by atoms with Crippen LogP contribution < -0.4 is 5.32 Å². The molecule has 0 fully saturated rings. The summed E-state index contributed by atoms with van der Waals surface area (Å²) >= 11 is 6.12. The minimum Gasteiger partial charge on any atom is -0.385 e. The molecule has 166 valence electrons. The largest absolute Gasteiger partial charge is 0.385 e. The van der Waals surface area contributed by atoms with E-state index in [4.69, 9.17) is 11.6 Å². The lowest BCUT2D eigenvalue weighted by Crippen LogP contribution is -2.30. The molecule has 1 unspecified atom stereocenters. The molecule has 0 bridgehead atoms. The van der Waals surface area contributed by atoms with Gasteiger partial charge in [0, 0.05) is 43.5 Å². The Kier molecular flexibility index (Phi) is 10.2. The average molecular weight is 441 g/mol. The molecule has 1 N–H and O–H groups in total. The molecule has 6 heteroatoms. The molecular formula is C25H33ClN4O. The molecule has 2 atom stereocenters. The quantitative estimate of drug-likeness (QED) is 0.358. The van der Waals surface area contributed by atoms with Crippen molar-refractivity contribution >= 4 is 23.7 Å². The van der Waals surface area contributed by atoms with Gasteiger partial charge in [0.2, 0.25) is 0 Å². The van der Waals surface area contributed by atoms with E-state index in [-0.39, 0.29) is 18.0 Å². The zero-order valence-corrected chi connectivity index (χ0v) is 19.6. The van der Waals surface area contributed by atoms with Gasteiger partial charge in [0.05, 0.1) is 6.04 Å². The summed E-state index contributed by atoms with van der Waals surface area (Å²) in [6.45, 7) is 6.19. The zero-order chi connectivity index (χ0) is 22.6. The normalized spacial score (nSPS) is 13.8. The van der Waals surface area contributed by atoms with Crippen molar-refractivity contribution in [3.63, 3.8) is 0 Å². The number of rotatable bonds is 11. The first-order valence-corrected chi connectivity index (χ1v) is 11.2. The van der Waals surface area contributed by atoms with Crippen LogP contribution in [0.1, 0.15) is 67.6 Å². The molecule has 5 nitrogen and oxygen atoms in total. The summed E-state index contributed by atoms with van der Waals surface area (Å²) in [5, 5.41) is 3.83. The number of nitrogens with one attached hydrogen (secondary N) is 1. The van der Waals surface area contributed by atoms with Crippen molar-refractivity contribution in [3.05, 3.63) is 76.8 Å². The number of amides is 1. The Bertz CT molecular complexity index is 865. The number of aromatic nitrogens is 1. The highest BCUT2D eigenvalue weighted by Gasteiger charge is 2.19. The number of halogens is 1. The Morgan fingerprint density at radius 3 is 2.61 bits per heavy atom. The SMILES string of the molecule is CCC=N/C(Cl)=C\N[C@@H](CCC)Cc1ccc(C(=O)N(C)C(C)c2cccnc2)cc1. The number of carbonyl (C=O) groups excluding carboxylic acids is 1. The van der Waals surface area contributed by atoms with Crippen LogP contribution in [0.15, 0.2) is 65.1 Å². The van der Waals surface area contributed by atoms with Gasteiger partial charge in [-0.15, -0.1) is 0 Å². The number of carbonyl (C=O) groups is 1. The van der Waals surface area contributed by atoms with Gasteiger partial charge in [-0.25, -0.2) is 4.99 Å². The van der Waals surface area contributed by atoms with Crippen molar-refractivity contribution in [2.75, 3.05) is 7.05 Å². The van der Waals surface area contributed by atoms with Crippen molar-refractivity contribution < 1.29 is 4.79 Å². The molecule has 0 radical (unpaired) electrons. The number of hydrogen-bond acceptors (Lipinski definition) is 4. The fourth-order valence-corrected chi connectivity index (χ4v) is 3.42. The summed E-state index contributed by atoms with van der Waals surface area (Å²) < 4.78 is 0. The molecular weight excluding hydrogens is 408 g/mol. The molecule has 2 rings (SSSR count). The maximum Gasteiger partial charge on any atom is 0.254 e. The van der Waals surface area contributed by atoms with Gasteiger partial charge in [0.25, 0.3) is 5.91 Å². The molecule has 0 aliphatic carbocycles. The van der Waals surface area contributed by atoms with Crippen LogP contribution in [0.25, 0.3) is 0 Å². The molecule has 1 heterocycles. The predicted molar refractivity (Wildman–Crippen MR) is 129 cm³/mol. The Hall–Kier alpha value is -2.66. The van der Waals surface area contributed by atoms with Crippen molar-refractivity contribution in [1.82, 2.24) is 15.2 Å². The topological polar surface area (TPSA) is 57.6 Å². The van der Waals surface area contributed by atoms with Crippen LogP contribution in [-0.4, -0.2) is 35.1 Å². The fourth-order valence-electron chi connectivity index (χ4n) is 3.29. The van der Waals surface area contributed by atoms with E-state index < -0.39 is 0 Å². The number of aliphatic imine (C=N–C) groups is 1. The van der Waals surface area contributed by atoms with E-state index in [1.807, 2.05) is 57.3 Å². The first-order chi connectivity index (χ1) is 15.0. The van der Waals surface area contributed by atoms with E-state index in [9.17, 15) is 4.79 Å². The van der Waals surface area contributed by atoms with E-state index in [0.29, 0.717) is 10.7 Å². The highest BCUT2D eigenvalue weighted by Crippen LogP contribution is 2.20. The highest BCUT2D eigenvalue weighted by molar-refractivity contribution is 6.29. The number of benzene rings is 1. The second-order valence-electron chi connectivity index (χ2n) is 7.62. The summed E-state index contributed by atoms with van der Waals surface area (Å²) in [5.74, 6) is -0.00497. The van der Waals surface area contributed by atoms with Crippen LogP contribution >= 0.6 is 11.6 Å². The lowest BCUT2D eigenvalue weighted by Gasteiger charge is -2.25. The van der Waals surface area contributed by atoms with Gasteiger partial charge in [-0.1, -0.05) is 50.1 Å². The predicted octanol–water partition coefficient (Wildman–Crippen LogP) is 5.73. The van der Waals surface area contributed by atoms with Crippen molar-refractivity contribution in [2.24, 2.45) is 4.99 Å². The zero-order valence-electron chi connectivity index (χ0n) is 18.9. The molecule has 1 amide bonds. The minimum atomic E-state index is -0.0501. The first kappa shape index (κ1) is 24.6. The van der Waals surface area contributed by atoms with Gasteiger partial charge in [0.15, 0.2) is 0 Å². The molecule has 0 aliphatic heterocycles. The summed E-state index contributed by atoms with van der Waals surface area (Å²) in [5.41, 5.74) is 2.87. The molecule has 0 saturated carbocycles. The van der Waals surface area contributed by atoms with Gasteiger partial charge < -0.3 is 10.2 Å². The maximum atomic E-state index is 12.9. The smallest absolute Gasteiger partial charge is 0.254 e. The van der Waals surface area contributed by atoms with Crippen molar-refractivity contribution in [1.29, 1.82) is 0 Å². The number of hydrogen-bond donors (Lipinski definition) is 1. The maximum absolute atomic E-state index is 12.9. The number of nitrogens with zero attached hydrogens (tertiary/aromatic N) is 3. The van der Waals surface area contributed by atoms with Crippen molar-refractivity contribution in [2.45, 2.75) is 58.5 Å². The van der Waals surface area contributed by atoms with E-state index in [2.05, 4.69) is 22.2 Å². The second kappa shape index (κ2) is 12.9. The Labute approximate surface area is 191 Å².